The third-order valence-corrected chi connectivity index (χ3v) is 5.96. The van der Waals surface area contributed by atoms with Crippen LogP contribution in [0.1, 0.15) is 35.6 Å². The number of ether oxygens (including phenoxy) is 1. The fourth-order valence-electron chi connectivity index (χ4n) is 4.20. The fourth-order valence-corrected chi connectivity index (χ4v) is 4.20. The van der Waals surface area contributed by atoms with E-state index in [-0.39, 0.29) is 17.5 Å². The summed E-state index contributed by atoms with van der Waals surface area (Å²) >= 11 is 0. The summed E-state index contributed by atoms with van der Waals surface area (Å²) in [4.78, 5) is 13.0. The molecule has 154 valence electrons. The van der Waals surface area contributed by atoms with Crippen molar-refractivity contribution in [2.75, 3.05) is 19.8 Å². The summed E-state index contributed by atoms with van der Waals surface area (Å²) in [5.74, 6) is 0. The van der Waals surface area contributed by atoms with Gasteiger partial charge in [-0.3, -0.25) is 0 Å². The van der Waals surface area contributed by atoms with E-state index in [1.54, 1.807) is 0 Å². The highest BCUT2D eigenvalue weighted by Gasteiger charge is 2.35. The second-order valence-corrected chi connectivity index (χ2v) is 7.84. The molecule has 1 fully saturated rings. The molecular weight excluding hydrogens is 372 g/mol. The van der Waals surface area contributed by atoms with E-state index in [1.807, 2.05) is 66.7 Å². The molecule has 0 unspecified atom stereocenters. The van der Waals surface area contributed by atoms with Crippen molar-refractivity contribution in [2.45, 2.75) is 24.3 Å². The molecule has 0 aromatic heterocycles. The minimum atomic E-state index is -0.199. The van der Waals surface area contributed by atoms with Gasteiger partial charge in [-0.15, -0.1) is 0 Å². The zero-order chi connectivity index (χ0) is 20.7. The van der Waals surface area contributed by atoms with Crippen molar-refractivity contribution in [1.82, 2.24) is 10.6 Å². The van der Waals surface area contributed by atoms with Crippen LogP contribution >= 0.6 is 0 Å². The van der Waals surface area contributed by atoms with E-state index < -0.39 is 0 Å². The fraction of sp³-hybridized carbons (Fsp3) is 0.269. The molecule has 4 nitrogen and oxygen atoms in total. The van der Waals surface area contributed by atoms with E-state index in [1.165, 1.54) is 5.56 Å². The Hall–Kier alpha value is -3.11. The van der Waals surface area contributed by atoms with Gasteiger partial charge in [0.05, 0.1) is 6.04 Å². The first-order valence-electron chi connectivity index (χ1n) is 10.5. The lowest BCUT2D eigenvalue weighted by molar-refractivity contribution is 0.0506. The normalized spacial score (nSPS) is 15.5. The smallest absolute Gasteiger partial charge is 0.315 e. The van der Waals surface area contributed by atoms with Crippen LogP contribution in [0.4, 0.5) is 4.79 Å². The summed E-state index contributed by atoms with van der Waals surface area (Å²) in [5, 5.41) is 6.33. The van der Waals surface area contributed by atoms with Crippen molar-refractivity contribution in [3.05, 3.63) is 108 Å². The summed E-state index contributed by atoms with van der Waals surface area (Å²) in [6.07, 6.45) is 1.80. The first-order chi connectivity index (χ1) is 14.8. The van der Waals surface area contributed by atoms with Crippen molar-refractivity contribution < 1.29 is 9.53 Å². The van der Waals surface area contributed by atoms with Gasteiger partial charge in [0.15, 0.2) is 0 Å². The quantitative estimate of drug-likeness (QED) is 0.623. The molecule has 1 aliphatic rings. The maximum atomic E-state index is 13.0. The maximum Gasteiger partial charge on any atom is 0.315 e. The average Bonchev–Trinajstić information content (AvgIpc) is 2.83. The van der Waals surface area contributed by atoms with Crippen molar-refractivity contribution in [1.29, 1.82) is 0 Å². The van der Waals surface area contributed by atoms with Gasteiger partial charge in [0.2, 0.25) is 0 Å². The number of hydrogen-bond donors (Lipinski definition) is 2. The number of amides is 2. The van der Waals surface area contributed by atoms with E-state index in [0.29, 0.717) is 6.54 Å². The van der Waals surface area contributed by atoms with Gasteiger partial charge in [-0.1, -0.05) is 91.0 Å². The molecule has 0 spiro atoms. The molecule has 2 N–H and O–H groups in total. The van der Waals surface area contributed by atoms with Crippen LogP contribution in [-0.4, -0.2) is 25.8 Å². The van der Waals surface area contributed by atoms with Crippen LogP contribution in [-0.2, 0) is 10.2 Å². The number of rotatable bonds is 6. The monoisotopic (exact) mass is 400 g/mol. The summed E-state index contributed by atoms with van der Waals surface area (Å²) in [7, 11) is 0. The van der Waals surface area contributed by atoms with E-state index in [4.69, 9.17) is 4.74 Å². The molecule has 0 aliphatic carbocycles. The Labute approximate surface area is 178 Å². The molecule has 1 saturated heterocycles. The topological polar surface area (TPSA) is 50.4 Å². The Morgan fingerprint density at radius 1 is 0.800 bits per heavy atom. The minimum absolute atomic E-state index is 0.0914. The molecule has 0 atom stereocenters. The summed E-state index contributed by atoms with van der Waals surface area (Å²) in [5.41, 5.74) is 3.29. The van der Waals surface area contributed by atoms with Crippen LogP contribution in [0.2, 0.25) is 0 Å². The van der Waals surface area contributed by atoms with Crippen LogP contribution in [0, 0.1) is 0 Å². The number of urea groups is 1. The number of benzene rings is 3. The lowest BCUT2D eigenvalue weighted by Gasteiger charge is -2.38. The van der Waals surface area contributed by atoms with Gasteiger partial charge >= 0.3 is 6.03 Å². The van der Waals surface area contributed by atoms with Gasteiger partial charge in [0.25, 0.3) is 0 Å². The average molecular weight is 401 g/mol. The van der Waals surface area contributed by atoms with Crippen molar-refractivity contribution in [3.63, 3.8) is 0 Å². The Morgan fingerprint density at radius 2 is 1.30 bits per heavy atom. The minimum Gasteiger partial charge on any atom is -0.381 e. The lowest BCUT2D eigenvalue weighted by atomic mass is 9.74. The van der Waals surface area contributed by atoms with E-state index in [9.17, 15) is 4.79 Å². The van der Waals surface area contributed by atoms with Gasteiger partial charge < -0.3 is 15.4 Å². The van der Waals surface area contributed by atoms with Crippen LogP contribution in [0.15, 0.2) is 91.0 Å². The summed E-state index contributed by atoms with van der Waals surface area (Å²) in [6, 6.07) is 30.2. The zero-order valence-electron chi connectivity index (χ0n) is 17.1. The van der Waals surface area contributed by atoms with Crippen molar-refractivity contribution in [3.8, 4) is 0 Å². The summed E-state index contributed by atoms with van der Waals surface area (Å²) in [6.45, 7) is 2.02. The molecular formula is C26H28N2O2. The van der Waals surface area contributed by atoms with Gasteiger partial charge in [-0.25, -0.2) is 4.79 Å². The lowest BCUT2D eigenvalue weighted by Crippen LogP contribution is -2.48. The second kappa shape index (κ2) is 9.59. The third-order valence-electron chi connectivity index (χ3n) is 5.96. The number of carbonyl (C=O) groups is 1. The molecule has 3 aromatic rings. The van der Waals surface area contributed by atoms with Crippen molar-refractivity contribution in [2.24, 2.45) is 0 Å². The van der Waals surface area contributed by atoms with E-state index >= 15 is 0 Å². The van der Waals surface area contributed by atoms with Crippen LogP contribution in [0.5, 0.6) is 0 Å². The Balaban J connectivity index is 1.49. The highest BCUT2D eigenvalue weighted by Crippen LogP contribution is 2.34. The molecule has 3 aromatic carbocycles. The van der Waals surface area contributed by atoms with Gasteiger partial charge in [0.1, 0.15) is 0 Å². The SMILES string of the molecule is O=C(NCC1(c2ccccc2)CCOCC1)NC(c1ccccc1)c1ccccc1. The molecule has 4 heteroatoms. The number of nitrogens with one attached hydrogen (secondary N) is 2. The first-order valence-corrected chi connectivity index (χ1v) is 10.5. The van der Waals surface area contributed by atoms with E-state index in [2.05, 4.69) is 34.9 Å². The Kier molecular flexibility index (Phi) is 6.45. The van der Waals surface area contributed by atoms with Crippen LogP contribution in [0.25, 0.3) is 0 Å². The standard InChI is InChI=1S/C26H28N2O2/c29-25(27-20-26(16-18-30-19-17-26)23-14-8-3-9-15-23)28-24(21-10-4-1-5-11-21)22-12-6-2-7-13-22/h1-15,24H,16-20H2,(H2,27,28,29). The predicted octanol–water partition coefficient (Wildman–Crippen LogP) is 4.82. The highest BCUT2D eigenvalue weighted by atomic mass is 16.5. The second-order valence-electron chi connectivity index (χ2n) is 7.84. The maximum absolute atomic E-state index is 13.0. The van der Waals surface area contributed by atoms with Crippen LogP contribution < -0.4 is 10.6 Å². The van der Waals surface area contributed by atoms with E-state index in [0.717, 1.165) is 37.2 Å². The molecule has 0 bridgehead atoms. The number of hydrogen-bond acceptors (Lipinski definition) is 2. The predicted molar refractivity (Wildman–Crippen MR) is 119 cm³/mol. The Bertz CT molecular complexity index is 884. The summed E-state index contributed by atoms with van der Waals surface area (Å²) < 4.78 is 5.60. The van der Waals surface area contributed by atoms with Crippen LogP contribution in [0.3, 0.4) is 0 Å². The molecule has 0 saturated carbocycles. The molecule has 1 aliphatic heterocycles. The Morgan fingerprint density at radius 3 is 1.83 bits per heavy atom. The molecule has 2 amide bonds. The largest absolute Gasteiger partial charge is 0.381 e. The zero-order valence-corrected chi connectivity index (χ0v) is 17.1. The number of carbonyl (C=O) groups excluding carboxylic acids is 1. The van der Waals surface area contributed by atoms with Gasteiger partial charge in [-0.05, 0) is 29.5 Å². The highest BCUT2D eigenvalue weighted by molar-refractivity contribution is 5.75. The molecule has 1 heterocycles. The molecule has 30 heavy (non-hydrogen) atoms. The molecule has 4 rings (SSSR count). The molecule has 0 radical (unpaired) electrons. The van der Waals surface area contributed by atoms with Gasteiger partial charge in [-0.2, -0.15) is 0 Å². The first kappa shape index (κ1) is 20.2. The van der Waals surface area contributed by atoms with Gasteiger partial charge in [0, 0.05) is 25.2 Å². The van der Waals surface area contributed by atoms with Crippen molar-refractivity contribution >= 4 is 6.03 Å². The third kappa shape index (κ3) is 4.71.